The molecule has 104 valence electrons. The SMILES string of the molecule is CCCc1nccn1Cc1c(Cl)c(CC)nn1CC. The molecule has 0 unspecified atom stereocenters. The fourth-order valence-electron chi connectivity index (χ4n) is 2.27. The first-order chi connectivity index (χ1) is 9.21. The number of hydrogen-bond acceptors (Lipinski definition) is 2. The second kappa shape index (κ2) is 6.24. The van der Waals surface area contributed by atoms with Crippen molar-refractivity contribution in [3.8, 4) is 0 Å². The minimum absolute atomic E-state index is 0.745. The maximum absolute atomic E-state index is 6.44. The van der Waals surface area contributed by atoms with Crippen LogP contribution >= 0.6 is 11.6 Å². The van der Waals surface area contributed by atoms with Gasteiger partial charge in [0.1, 0.15) is 5.82 Å². The van der Waals surface area contributed by atoms with Crippen LogP contribution in [0.1, 0.15) is 44.4 Å². The zero-order chi connectivity index (χ0) is 13.8. The summed E-state index contributed by atoms with van der Waals surface area (Å²) in [6.07, 6.45) is 6.82. The molecule has 0 bridgehead atoms. The van der Waals surface area contributed by atoms with Gasteiger partial charge in [0, 0.05) is 25.4 Å². The summed E-state index contributed by atoms with van der Waals surface area (Å²) in [7, 11) is 0. The first-order valence-electron chi connectivity index (χ1n) is 6.95. The highest BCUT2D eigenvalue weighted by Crippen LogP contribution is 2.23. The van der Waals surface area contributed by atoms with Gasteiger partial charge in [-0.3, -0.25) is 4.68 Å². The first kappa shape index (κ1) is 14.1. The van der Waals surface area contributed by atoms with Gasteiger partial charge in [-0.15, -0.1) is 0 Å². The van der Waals surface area contributed by atoms with Gasteiger partial charge >= 0.3 is 0 Å². The van der Waals surface area contributed by atoms with Crippen LogP contribution in [0.2, 0.25) is 5.02 Å². The van der Waals surface area contributed by atoms with E-state index in [4.69, 9.17) is 11.6 Å². The lowest BCUT2D eigenvalue weighted by Gasteiger charge is -2.09. The maximum atomic E-state index is 6.44. The number of aromatic nitrogens is 4. The predicted octanol–water partition coefficient (Wildman–Crippen LogP) is 3.32. The third kappa shape index (κ3) is 2.84. The van der Waals surface area contributed by atoms with E-state index in [1.165, 1.54) is 0 Å². The quantitative estimate of drug-likeness (QED) is 0.814. The van der Waals surface area contributed by atoms with Gasteiger partial charge < -0.3 is 4.57 Å². The smallest absolute Gasteiger partial charge is 0.108 e. The lowest BCUT2D eigenvalue weighted by molar-refractivity contribution is 0.585. The van der Waals surface area contributed by atoms with E-state index in [-0.39, 0.29) is 0 Å². The van der Waals surface area contributed by atoms with Crippen LogP contribution in [0, 0.1) is 0 Å². The molecule has 2 heterocycles. The molecule has 0 saturated carbocycles. The van der Waals surface area contributed by atoms with Crippen LogP contribution in [0.5, 0.6) is 0 Å². The number of hydrogen-bond donors (Lipinski definition) is 0. The number of rotatable bonds is 6. The molecule has 5 heteroatoms. The maximum Gasteiger partial charge on any atom is 0.108 e. The molecular formula is C14H21ClN4. The molecule has 4 nitrogen and oxygen atoms in total. The third-order valence-electron chi connectivity index (χ3n) is 3.29. The van der Waals surface area contributed by atoms with Crippen LogP contribution in [0.25, 0.3) is 0 Å². The molecule has 0 aliphatic carbocycles. The van der Waals surface area contributed by atoms with Gasteiger partial charge in [-0.2, -0.15) is 5.10 Å². The normalized spacial score (nSPS) is 11.2. The zero-order valence-corrected chi connectivity index (χ0v) is 12.6. The van der Waals surface area contributed by atoms with Crippen molar-refractivity contribution in [3.63, 3.8) is 0 Å². The Balaban J connectivity index is 2.32. The molecule has 2 aromatic rings. The van der Waals surface area contributed by atoms with E-state index in [2.05, 4.69) is 35.4 Å². The van der Waals surface area contributed by atoms with Crippen LogP contribution in [0.15, 0.2) is 12.4 Å². The monoisotopic (exact) mass is 280 g/mol. The molecule has 19 heavy (non-hydrogen) atoms. The highest BCUT2D eigenvalue weighted by molar-refractivity contribution is 6.31. The molecular weight excluding hydrogens is 260 g/mol. The van der Waals surface area contributed by atoms with Gasteiger partial charge in [-0.1, -0.05) is 25.4 Å². The van der Waals surface area contributed by atoms with Gasteiger partial charge in [0.05, 0.1) is 23.0 Å². The first-order valence-corrected chi connectivity index (χ1v) is 7.33. The fourth-order valence-corrected chi connectivity index (χ4v) is 2.59. The third-order valence-corrected chi connectivity index (χ3v) is 3.73. The van der Waals surface area contributed by atoms with Crippen LogP contribution in [0.3, 0.4) is 0 Å². The van der Waals surface area contributed by atoms with E-state index in [0.29, 0.717) is 0 Å². The Hall–Kier alpha value is -1.29. The van der Waals surface area contributed by atoms with Crippen LogP contribution < -0.4 is 0 Å². The predicted molar refractivity (Wildman–Crippen MR) is 77.6 cm³/mol. The number of nitrogens with zero attached hydrogens (tertiary/aromatic N) is 4. The van der Waals surface area contributed by atoms with Crippen molar-refractivity contribution in [2.45, 2.75) is 53.1 Å². The van der Waals surface area contributed by atoms with Crippen molar-refractivity contribution in [2.24, 2.45) is 0 Å². The van der Waals surface area contributed by atoms with Gasteiger partial charge in [0.25, 0.3) is 0 Å². The molecule has 2 aromatic heterocycles. The Kier molecular flexibility index (Phi) is 4.64. The second-order valence-corrected chi connectivity index (χ2v) is 4.98. The fraction of sp³-hybridized carbons (Fsp3) is 0.571. The minimum Gasteiger partial charge on any atom is -0.329 e. The number of aryl methyl sites for hydroxylation is 3. The van der Waals surface area contributed by atoms with Crippen LogP contribution in [-0.2, 0) is 25.9 Å². The van der Waals surface area contributed by atoms with E-state index in [1.54, 1.807) is 0 Å². The molecule has 0 N–H and O–H groups in total. The molecule has 0 amide bonds. The lowest BCUT2D eigenvalue weighted by Crippen LogP contribution is -2.10. The summed E-state index contributed by atoms with van der Waals surface area (Å²) < 4.78 is 4.16. The molecule has 0 atom stereocenters. The summed E-state index contributed by atoms with van der Waals surface area (Å²) >= 11 is 6.44. The highest BCUT2D eigenvalue weighted by Gasteiger charge is 2.15. The molecule has 0 saturated heterocycles. The number of imidazole rings is 1. The summed E-state index contributed by atoms with van der Waals surface area (Å²) in [4.78, 5) is 4.40. The van der Waals surface area contributed by atoms with Gasteiger partial charge in [0.15, 0.2) is 0 Å². The summed E-state index contributed by atoms with van der Waals surface area (Å²) in [5.41, 5.74) is 2.06. The van der Waals surface area contributed by atoms with E-state index < -0.39 is 0 Å². The zero-order valence-electron chi connectivity index (χ0n) is 11.9. The number of halogens is 1. The Morgan fingerprint density at radius 3 is 2.68 bits per heavy atom. The minimum atomic E-state index is 0.745. The van der Waals surface area contributed by atoms with Gasteiger partial charge in [0.2, 0.25) is 0 Å². The van der Waals surface area contributed by atoms with Crippen molar-refractivity contribution >= 4 is 11.6 Å². The van der Waals surface area contributed by atoms with Gasteiger partial charge in [-0.25, -0.2) is 4.98 Å². The van der Waals surface area contributed by atoms with Crippen molar-refractivity contribution in [3.05, 3.63) is 34.6 Å². The van der Waals surface area contributed by atoms with Crippen molar-refractivity contribution in [1.29, 1.82) is 0 Å². The van der Waals surface area contributed by atoms with E-state index in [1.807, 2.05) is 17.1 Å². The van der Waals surface area contributed by atoms with E-state index in [0.717, 1.165) is 54.6 Å². The van der Waals surface area contributed by atoms with Gasteiger partial charge in [-0.05, 0) is 19.8 Å². The van der Waals surface area contributed by atoms with E-state index in [9.17, 15) is 0 Å². The lowest BCUT2D eigenvalue weighted by atomic mass is 10.3. The summed E-state index contributed by atoms with van der Waals surface area (Å²) in [5.74, 6) is 1.11. The Bertz CT molecular complexity index is 542. The Morgan fingerprint density at radius 1 is 1.26 bits per heavy atom. The molecule has 0 aliphatic rings. The topological polar surface area (TPSA) is 35.6 Å². The molecule has 0 radical (unpaired) electrons. The molecule has 0 fully saturated rings. The van der Waals surface area contributed by atoms with E-state index >= 15 is 0 Å². The van der Waals surface area contributed by atoms with Crippen molar-refractivity contribution in [1.82, 2.24) is 19.3 Å². The average molecular weight is 281 g/mol. The molecule has 2 rings (SSSR count). The molecule has 0 aliphatic heterocycles. The van der Waals surface area contributed by atoms with Crippen LogP contribution in [0.4, 0.5) is 0 Å². The average Bonchev–Trinajstić information content (AvgIpc) is 2.97. The Morgan fingerprint density at radius 2 is 2.05 bits per heavy atom. The van der Waals surface area contributed by atoms with Crippen molar-refractivity contribution < 1.29 is 0 Å². The molecule has 0 spiro atoms. The highest BCUT2D eigenvalue weighted by atomic mass is 35.5. The second-order valence-electron chi connectivity index (χ2n) is 4.60. The molecule has 0 aromatic carbocycles. The standard InChI is InChI=1S/C14H21ClN4/c1-4-7-13-16-8-9-18(13)10-12-14(15)11(5-2)17-19(12)6-3/h8-9H,4-7,10H2,1-3H3. The summed E-state index contributed by atoms with van der Waals surface area (Å²) in [6.45, 7) is 7.92. The largest absolute Gasteiger partial charge is 0.329 e. The summed E-state index contributed by atoms with van der Waals surface area (Å²) in [5, 5.41) is 5.36. The van der Waals surface area contributed by atoms with Crippen LogP contribution in [-0.4, -0.2) is 19.3 Å². The van der Waals surface area contributed by atoms with Crippen molar-refractivity contribution in [2.75, 3.05) is 0 Å². The Labute approximate surface area is 119 Å². The summed E-state index contributed by atoms with van der Waals surface area (Å²) in [6, 6.07) is 0.